The number of ether oxygens (including phenoxy) is 1. The van der Waals surface area contributed by atoms with Crippen molar-refractivity contribution in [1.82, 2.24) is 9.88 Å². The van der Waals surface area contributed by atoms with Crippen molar-refractivity contribution in [3.8, 4) is 17.1 Å². The molecule has 1 heterocycles. The first-order valence-electron chi connectivity index (χ1n) is 8.17. The second-order valence-corrected chi connectivity index (χ2v) is 8.06. The summed E-state index contributed by atoms with van der Waals surface area (Å²) < 4.78 is 37.5. The molecule has 130 valence electrons. The van der Waals surface area contributed by atoms with Gasteiger partial charge < -0.3 is 9.26 Å². The summed E-state index contributed by atoms with van der Waals surface area (Å²) in [5.74, 6) is 1.39. The Morgan fingerprint density at radius 1 is 1.29 bits per heavy atom. The summed E-state index contributed by atoms with van der Waals surface area (Å²) in [4.78, 5) is 0. The summed E-state index contributed by atoms with van der Waals surface area (Å²) in [5, 5.41) is 3.78. The number of hydrogen-bond acceptors (Lipinski definition) is 5. The summed E-state index contributed by atoms with van der Waals surface area (Å²) in [6, 6.07) is 9.35. The first kappa shape index (κ1) is 17.0. The fourth-order valence-corrected chi connectivity index (χ4v) is 4.56. The van der Waals surface area contributed by atoms with Crippen molar-refractivity contribution in [2.24, 2.45) is 0 Å². The highest BCUT2D eigenvalue weighted by Crippen LogP contribution is 2.25. The van der Waals surface area contributed by atoms with Gasteiger partial charge in [-0.25, -0.2) is 13.1 Å². The van der Waals surface area contributed by atoms with Gasteiger partial charge in [0.15, 0.2) is 5.76 Å². The van der Waals surface area contributed by atoms with E-state index in [1.807, 2.05) is 30.3 Å². The van der Waals surface area contributed by atoms with Crippen molar-refractivity contribution in [3.63, 3.8) is 0 Å². The monoisotopic (exact) mass is 350 g/mol. The summed E-state index contributed by atoms with van der Waals surface area (Å²) in [7, 11) is -1.60. The van der Waals surface area contributed by atoms with Gasteiger partial charge in [-0.2, -0.15) is 0 Å². The summed E-state index contributed by atoms with van der Waals surface area (Å²) in [5.41, 5.74) is 1.60. The number of nitrogens with one attached hydrogen (secondary N) is 1. The van der Waals surface area contributed by atoms with E-state index < -0.39 is 10.0 Å². The Bertz CT molecular complexity index is 779. The molecule has 0 bridgehead atoms. The van der Waals surface area contributed by atoms with Gasteiger partial charge in [-0.05, 0) is 25.0 Å². The van der Waals surface area contributed by atoms with Crippen molar-refractivity contribution in [2.75, 3.05) is 13.7 Å². The predicted octanol–water partition coefficient (Wildman–Crippen LogP) is 2.75. The van der Waals surface area contributed by atoms with Gasteiger partial charge in [0.05, 0.1) is 18.1 Å². The van der Waals surface area contributed by atoms with E-state index >= 15 is 0 Å². The van der Waals surface area contributed by atoms with E-state index in [2.05, 4.69) is 9.88 Å². The zero-order valence-corrected chi connectivity index (χ0v) is 14.5. The molecule has 1 saturated carbocycles. The molecule has 6 nitrogen and oxygen atoms in total. The Kier molecular flexibility index (Phi) is 5.20. The molecule has 0 radical (unpaired) electrons. The van der Waals surface area contributed by atoms with Crippen LogP contribution in [-0.2, 0) is 16.4 Å². The van der Waals surface area contributed by atoms with Crippen LogP contribution in [0, 0.1) is 0 Å². The average Bonchev–Trinajstić information content (AvgIpc) is 3.27. The average molecular weight is 350 g/mol. The molecule has 1 N–H and O–H groups in total. The Morgan fingerprint density at radius 2 is 2.08 bits per heavy atom. The highest BCUT2D eigenvalue weighted by Gasteiger charge is 2.28. The molecule has 0 unspecified atom stereocenters. The van der Waals surface area contributed by atoms with E-state index in [0.29, 0.717) is 18.7 Å². The third-order valence-corrected chi connectivity index (χ3v) is 6.29. The highest BCUT2D eigenvalue weighted by atomic mass is 32.2. The molecule has 3 rings (SSSR count). The Morgan fingerprint density at radius 3 is 2.83 bits per heavy atom. The molecule has 1 aliphatic carbocycles. The van der Waals surface area contributed by atoms with E-state index in [9.17, 15) is 8.42 Å². The third-order valence-electron chi connectivity index (χ3n) is 4.34. The van der Waals surface area contributed by atoms with Gasteiger partial charge in [0.25, 0.3) is 0 Å². The molecule has 1 fully saturated rings. The van der Waals surface area contributed by atoms with Crippen molar-refractivity contribution in [3.05, 3.63) is 36.0 Å². The standard InChI is InChI=1S/C17H22N2O4S/c1-22-15-6-4-5-13(11-15)17-12-14(19-23-17)9-10-18-24(20,21)16-7-2-3-8-16/h4-6,11-12,16,18H,2-3,7-10H2,1H3. The number of nitrogens with zero attached hydrogens (tertiary/aromatic N) is 1. The zero-order valence-electron chi connectivity index (χ0n) is 13.7. The largest absolute Gasteiger partial charge is 0.497 e. The molecular weight excluding hydrogens is 328 g/mol. The number of methoxy groups -OCH3 is 1. The summed E-state index contributed by atoms with van der Waals surface area (Å²) in [6.07, 6.45) is 4.02. The van der Waals surface area contributed by atoms with Gasteiger partial charge in [-0.3, -0.25) is 0 Å². The quantitative estimate of drug-likeness (QED) is 0.830. The molecule has 1 aliphatic rings. The molecule has 0 aliphatic heterocycles. The van der Waals surface area contributed by atoms with Crippen molar-refractivity contribution < 1.29 is 17.7 Å². The lowest BCUT2D eigenvalue weighted by molar-refractivity contribution is 0.412. The molecule has 0 spiro atoms. The highest BCUT2D eigenvalue weighted by molar-refractivity contribution is 7.90. The molecule has 2 aromatic rings. The van der Waals surface area contributed by atoms with Crippen LogP contribution in [0.25, 0.3) is 11.3 Å². The first-order valence-corrected chi connectivity index (χ1v) is 9.71. The Labute approximate surface area is 142 Å². The number of aromatic nitrogens is 1. The molecule has 24 heavy (non-hydrogen) atoms. The van der Waals surface area contributed by atoms with Crippen LogP contribution < -0.4 is 9.46 Å². The summed E-state index contributed by atoms with van der Waals surface area (Å²) >= 11 is 0. The molecule has 0 atom stereocenters. The minimum atomic E-state index is -3.21. The van der Waals surface area contributed by atoms with Crippen LogP contribution in [-0.4, -0.2) is 32.5 Å². The van der Waals surface area contributed by atoms with Crippen LogP contribution in [0.15, 0.2) is 34.9 Å². The van der Waals surface area contributed by atoms with Crippen molar-refractivity contribution in [1.29, 1.82) is 0 Å². The number of sulfonamides is 1. The summed E-state index contributed by atoms with van der Waals surface area (Å²) in [6.45, 7) is 0.336. The van der Waals surface area contributed by atoms with Crippen LogP contribution in [0.2, 0.25) is 0 Å². The molecule has 0 amide bonds. The van der Waals surface area contributed by atoms with Crippen LogP contribution in [0.3, 0.4) is 0 Å². The molecular formula is C17H22N2O4S. The van der Waals surface area contributed by atoms with Crippen LogP contribution in [0.1, 0.15) is 31.4 Å². The normalized spacial score (nSPS) is 15.7. The second-order valence-electron chi connectivity index (χ2n) is 6.01. The van der Waals surface area contributed by atoms with Gasteiger partial charge in [0, 0.05) is 24.6 Å². The lowest BCUT2D eigenvalue weighted by atomic mass is 10.1. The minimum Gasteiger partial charge on any atom is -0.497 e. The Balaban J connectivity index is 1.58. The van der Waals surface area contributed by atoms with Gasteiger partial charge >= 0.3 is 0 Å². The topological polar surface area (TPSA) is 81.4 Å². The molecule has 0 saturated heterocycles. The molecule has 1 aromatic carbocycles. The lowest BCUT2D eigenvalue weighted by Crippen LogP contribution is -2.34. The maximum Gasteiger partial charge on any atom is 0.214 e. The zero-order chi connectivity index (χ0) is 17.0. The number of rotatable bonds is 7. The van der Waals surface area contributed by atoms with Gasteiger partial charge in [-0.1, -0.05) is 30.1 Å². The molecule has 1 aromatic heterocycles. The van der Waals surface area contributed by atoms with E-state index in [1.165, 1.54) is 0 Å². The maximum atomic E-state index is 12.2. The minimum absolute atomic E-state index is 0.234. The predicted molar refractivity (Wildman–Crippen MR) is 91.4 cm³/mol. The van der Waals surface area contributed by atoms with Gasteiger partial charge in [0.2, 0.25) is 10.0 Å². The van der Waals surface area contributed by atoms with Gasteiger partial charge in [-0.15, -0.1) is 0 Å². The van der Waals surface area contributed by atoms with E-state index in [1.54, 1.807) is 7.11 Å². The third kappa shape index (κ3) is 3.96. The SMILES string of the molecule is COc1cccc(-c2cc(CCNS(=O)(=O)C3CCCC3)no2)c1. The van der Waals surface area contributed by atoms with Gasteiger partial charge in [0.1, 0.15) is 5.75 Å². The smallest absolute Gasteiger partial charge is 0.214 e. The molecule has 7 heteroatoms. The number of benzene rings is 1. The fourth-order valence-electron chi connectivity index (χ4n) is 2.98. The van der Waals surface area contributed by atoms with Crippen LogP contribution in [0.4, 0.5) is 0 Å². The van der Waals surface area contributed by atoms with E-state index in [4.69, 9.17) is 9.26 Å². The van der Waals surface area contributed by atoms with Crippen molar-refractivity contribution in [2.45, 2.75) is 37.4 Å². The fraction of sp³-hybridized carbons (Fsp3) is 0.471. The van der Waals surface area contributed by atoms with E-state index in [0.717, 1.165) is 42.7 Å². The second kappa shape index (κ2) is 7.36. The first-order chi connectivity index (χ1) is 11.6. The Hall–Kier alpha value is -1.86. The van der Waals surface area contributed by atoms with Crippen molar-refractivity contribution >= 4 is 10.0 Å². The maximum absolute atomic E-state index is 12.2. The van der Waals surface area contributed by atoms with E-state index in [-0.39, 0.29) is 5.25 Å². The van der Waals surface area contributed by atoms with Crippen LogP contribution >= 0.6 is 0 Å². The van der Waals surface area contributed by atoms with Crippen LogP contribution in [0.5, 0.6) is 5.75 Å². The number of hydrogen-bond donors (Lipinski definition) is 1. The lowest BCUT2D eigenvalue weighted by Gasteiger charge is -2.11.